The molecule has 0 bridgehead atoms. The molecule has 0 aliphatic heterocycles. The van der Waals surface area contributed by atoms with Crippen LogP contribution >= 0.6 is 0 Å². The lowest BCUT2D eigenvalue weighted by Gasteiger charge is -2.15. The van der Waals surface area contributed by atoms with E-state index in [4.69, 9.17) is 10.2 Å². The number of amides is 1. The largest absolute Gasteiger partial charge is 0.459 e. The van der Waals surface area contributed by atoms with Crippen molar-refractivity contribution in [1.82, 2.24) is 4.90 Å². The van der Waals surface area contributed by atoms with Crippen molar-refractivity contribution in [2.45, 2.75) is 19.4 Å². The van der Waals surface area contributed by atoms with Crippen molar-refractivity contribution in [1.29, 1.82) is 0 Å². The first-order chi connectivity index (χ1) is 8.70. The van der Waals surface area contributed by atoms with E-state index >= 15 is 0 Å². The molecule has 1 aromatic carbocycles. The SMILES string of the molecule is CN(Cc1cc2ccccc2o1)C(=O)CCCN. The first-order valence-electron chi connectivity index (χ1n) is 6.12. The number of carbonyl (C=O) groups excluding carboxylic acids is 1. The molecule has 1 aromatic heterocycles. The molecular weight excluding hydrogens is 228 g/mol. The van der Waals surface area contributed by atoms with Gasteiger partial charge < -0.3 is 15.1 Å². The van der Waals surface area contributed by atoms with E-state index in [0.29, 0.717) is 19.5 Å². The van der Waals surface area contributed by atoms with Gasteiger partial charge in [0.1, 0.15) is 11.3 Å². The fourth-order valence-corrected chi connectivity index (χ4v) is 1.88. The van der Waals surface area contributed by atoms with Crippen LogP contribution in [0.4, 0.5) is 0 Å². The molecule has 0 atom stereocenters. The Morgan fingerprint density at radius 2 is 2.17 bits per heavy atom. The fraction of sp³-hybridized carbons (Fsp3) is 0.357. The lowest BCUT2D eigenvalue weighted by molar-refractivity contribution is -0.130. The molecule has 0 fully saturated rings. The highest BCUT2D eigenvalue weighted by molar-refractivity contribution is 5.78. The van der Waals surface area contributed by atoms with Gasteiger partial charge >= 0.3 is 0 Å². The van der Waals surface area contributed by atoms with Gasteiger partial charge in [-0.15, -0.1) is 0 Å². The van der Waals surface area contributed by atoms with E-state index in [-0.39, 0.29) is 5.91 Å². The zero-order valence-electron chi connectivity index (χ0n) is 10.6. The number of rotatable bonds is 5. The van der Waals surface area contributed by atoms with E-state index < -0.39 is 0 Å². The van der Waals surface area contributed by atoms with Gasteiger partial charge in [0.25, 0.3) is 0 Å². The van der Waals surface area contributed by atoms with Crippen LogP contribution in [0.2, 0.25) is 0 Å². The Balaban J connectivity index is 2.02. The summed E-state index contributed by atoms with van der Waals surface area (Å²) < 4.78 is 5.67. The number of fused-ring (bicyclic) bond motifs is 1. The Kier molecular flexibility index (Phi) is 3.99. The number of nitrogens with two attached hydrogens (primary N) is 1. The lowest BCUT2D eigenvalue weighted by atomic mass is 10.2. The van der Waals surface area contributed by atoms with Gasteiger partial charge in [0, 0.05) is 18.9 Å². The minimum absolute atomic E-state index is 0.0981. The molecule has 2 aromatic rings. The number of carbonyl (C=O) groups is 1. The van der Waals surface area contributed by atoms with Crippen LogP contribution in [0.5, 0.6) is 0 Å². The highest BCUT2D eigenvalue weighted by Gasteiger charge is 2.11. The lowest BCUT2D eigenvalue weighted by Crippen LogP contribution is -2.26. The van der Waals surface area contributed by atoms with E-state index in [0.717, 1.165) is 23.2 Å². The quantitative estimate of drug-likeness (QED) is 0.879. The third-order valence-electron chi connectivity index (χ3n) is 2.89. The summed E-state index contributed by atoms with van der Waals surface area (Å²) in [4.78, 5) is 13.4. The molecule has 1 amide bonds. The van der Waals surface area contributed by atoms with Crippen molar-refractivity contribution in [2.24, 2.45) is 5.73 Å². The number of nitrogens with zero attached hydrogens (tertiary/aromatic N) is 1. The molecule has 4 nitrogen and oxygen atoms in total. The molecule has 0 unspecified atom stereocenters. The van der Waals surface area contributed by atoms with Crippen molar-refractivity contribution < 1.29 is 9.21 Å². The summed E-state index contributed by atoms with van der Waals surface area (Å²) in [6.07, 6.45) is 1.22. The third-order valence-corrected chi connectivity index (χ3v) is 2.89. The van der Waals surface area contributed by atoms with Gasteiger partial charge in [-0.2, -0.15) is 0 Å². The van der Waals surface area contributed by atoms with Crippen molar-refractivity contribution in [3.63, 3.8) is 0 Å². The summed E-state index contributed by atoms with van der Waals surface area (Å²) in [5, 5.41) is 1.07. The molecule has 0 aliphatic rings. The van der Waals surface area contributed by atoms with Gasteiger partial charge in [-0.25, -0.2) is 0 Å². The molecule has 18 heavy (non-hydrogen) atoms. The second-order valence-electron chi connectivity index (χ2n) is 4.39. The second-order valence-corrected chi connectivity index (χ2v) is 4.39. The Morgan fingerprint density at radius 1 is 1.39 bits per heavy atom. The summed E-state index contributed by atoms with van der Waals surface area (Å²) >= 11 is 0. The Morgan fingerprint density at radius 3 is 2.89 bits per heavy atom. The van der Waals surface area contributed by atoms with Gasteiger partial charge in [0.2, 0.25) is 5.91 Å². The van der Waals surface area contributed by atoms with Crippen LogP contribution in [-0.2, 0) is 11.3 Å². The summed E-state index contributed by atoms with van der Waals surface area (Å²) in [6.45, 7) is 1.04. The maximum atomic E-state index is 11.8. The van der Waals surface area contributed by atoms with Gasteiger partial charge in [0.15, 0.2) is 0 Å². The standard InChI is InChI=1S/C14H18N2O2/c1-16(14(17)7-4-8-15)10-12-9-11-5-2-3-6-13(11)18-12/h2-3,5-6,9H,4,7-8,10,15H2,1H3. The molecule has 1 heterocycles. The number of benzene rings is 1. The second kappa shape index (κ2) is 5.69. The van der Waals surface area contributed by atoms with Crippen LogP contribution < -0.4 is 5.73 Å². The number of para-hydroxylation sites is 1. The first-order valence-corrected chi connectivity index (χ1v) is 6.12. The van der Waals surface area contributed by atoms with Crippen LogP contribution in [0.3, 0.4) is 0 Å². The smallest absolute Gasteiger partial charge is 0.222 e. The molecule has 0 saturated carbocycles. The number of furan rings is 1. The van der Waals surface area contributed by atoms with Crippen LogP contribution in [0, 0.1) is 0 Å². The highest BCUT2D eigenvalue weighted by Crippen LogP contribution is 2.19. The molecule has 2 rings (SSSR count). The maximum Gasteiger partial charge on any atom is 0.222 e. The summed E-state index contributed by atoms with van der Waals surface area (Å²) in [5.74, 6) is 0.903. The molecule has 96 valence electrons. The monoisotopic (exact) mass is 246 g/mol. The average Bonchev–Trinajstić information content (AvgIpc) is 2.77. The predicted octanol–water partition coefficient (Wildman–Crippen LogP) is 2.13. The topological polar surface area (TPSA) is 59.5 Å². The van der Waals surface area contributed by atoms with Crippen LogP contribution in [0.25, 0.3) is 11.0 Å². The summed E-state index contributed by atoms with van der Waals surface area (Å²) in [5.41, 5.74) is 6.25. The normalized spacial score (nSPS) is 10.8. The van der Waals surface area contributed by atoms with Crippen molar-refractivity contribution in [3.05, 3.63) is 36.1 Å². The highest BCUT2D eigenvalue weighted by atomic mass is 16.3. The van der Waals surface area contributed by atoms with E-state index in [1.54, 1.807) is 11.9 Å². The zero-order chi connectivity index (χ0) is 13.0. The predicted molar refractivity (Wildman–Crippen MR) is 71.0 cm³/mol. The molecule has 0 radical (unpaired) electrons. The average molecular weight is 246 g/mol. The molecule has 2 N–H and O–H groups in total. The fourth-order valence-electron chi connectivity index (χ4n) is 1.88. The molecule has 0 aliphatic carbocycles. The molecular formula is C14H18N2O2. The summed E-state index contributed by atoms with van der Waals surface area (Å²) in [7, 11) is 1.78. The van der Waals surface area contributed by atoms with Crippen LogP contribution in [0.15, 0.2) is 34.7 Å². The van der Waals surface area contributed by atoms with E-state index in [1.165, 1.54) is 0 Å². The number of hydrogen-bond acceptors (Lipinski definition) is 3. The van der Waals surface area contributed by atoms with E-state index in [9.17, 15) is 4.79 Å². The van der Waals surface area contributed by atoms with Gasteiger partial charge in [-0.05, 0) is 25.1 Å². The molecule has 0 saturated heterocycles. The van der Waals surface area contributed by atoms with Crippen LogP contribution in [-0.4, -0.2) is 24.4 Å². The van der Waals surface area contributed by atoms with E-state index in [1.807, 2.05) is 30.3 Å². The van der Waals surface area contributed by atoms with Crippen LogP contribution in [0.1, 0.15) is 18.6 Å². The van der Waals surface area contributed by atoms with Crippen molar-refractivity contribution in [2.75, 3.05) is 13.6 Å². The first kappa shape index (κ1) is 12.6. The number of hydrogen-bond donors (Lipinski definition) is 1. The summed E-state index contributed by atoms with van der Waals surface area (Å²) in [6, 6.07) is 9.80. The van der Waals surface area contributed by atoms with E-state index in [2.05, 4.69) is 0 Å². The zero-order valence-corrected chi connectivity index (χ0v) is 10.6. The van der Waals surface area contributed by atoms with Gasteiger partial charge in [-0.1, -0.05) is 18.2 Å². The maximum absolute atomic E-state index is 11.8. The third kappa shape index (κ3) is 2.90. The van der Waals surface area contributed by atoms with Gasteiger partial charge in [0.05, 0.1) is 6.54 Å². The van der Waals surface area contributed by atoms with Gasteiger partial charge in [-0.3, -0.25) is 4.79 Å². The molecule has 4 heteroatoms. The Bertz CT molecular complexity index is 500. The molecule has 0 spiro atoms. The Hall–Kier alpha value is -1.81. The van der Waals surface area contributed by atoms with Crippen molar-refractivity contribution in [3.8, 4) is 0 Å². The van der Waals surface area contributed by atoms with Crippen molar-refractivity contribution >= 4 is 16.9 Å². The minimum Gasteiger partial charge on any atom is -0.459 e. The minimum atomic E-state index is 0.0981. The Labute approximate surface area is 106 Å².